The number of carbonyl (C=O) groups excluding carboxylic acids is 1. The highest BCUT2D eigenvalue weighted by Gasteiger charge is 2.21. The van der Waals surface area contributed by atoms with Crippen LogP contribution in [0.4, 0.5) is 5.69 Å². The van der Waals surface area contributed by atoms with E-state index in [0.29, 0.717) is 34.4 Å². The van der Waals surface area contributed by atoms with E-state index < -0.39 is 6.04 Å². The van der Waals surface area contributed by atoms with E-state index in [-0.39, 0.29) is 5.91 Å². The van der Waals surface area contributed by atoms with Crippen LogP contribution in [-0.2, 0) is 11.3 Å². The van der Waals surface area contributed by atoms with Gasteiger partial charge in [0.15, 0.2) is 11.5 Å². The van der Waals surface area contributed by atoms with Crippen LogP contribution < -0.4 is 14.8 Å². The van der Waals surface area contributed by atoms with Crippen molar-refractivity contribution < 1.29 is 14.3 Å². The molecule has 2 heterocycles. The lowest BCUT2D eigenvalue weighted by atomic mass is 10.2. The minimum absolute atomic E-state index is 0.189. The molecular weight excluding hydrogens is 406 g/mol. The minimum Gasteiger partial charge on any atom is -0.493 e. The third-order valence-electron chi connectivity index (χ3n) is 5.04. The molecule has 0 fully saturated rings. The van der Waals surface area contributed by atoms with Crippen molar-refractivity contribution in [1.29, 1.82) is 0 Å². The number of nitrogens with zero attached hydrogens (tertiary/aromatic N) is 4. The van der Waals surface area contributed by atoms with Crippen LogP contribution in [0.5, 0.6) is 11.5 Å². The first-order valence-electron chi connectivity index (χ1n) is 9.52. The van der Waals surface area contributed by atoms with Crippen molar-refractivity contribution in [3.63, 3.8) is 0 Å². The van der Waals surface area contributed by atoms with Crippen LogP contribution in [0.15, 0.2) is 24.4 Å². The molecule has 0 saturated carbocycles. The van der Waals surface area contributed by atoms with Crippen molar-refractivity contribution in [2.75, 3.05) is 19.5 Å². The Morgan fingerprint density at radius 2 is 1.83 bits per heavy atom. The van der Waals surface area contributed by atoms with Crippen LogP contribution in [0.3, 0.4) is 0 Å². The maximum atomic E-state index is 12.8. The van der Waals surface area contributed by atoms with E-state index in [9.17, 15) is 4.79 Å². The van der Waals surface area contributed by atoms with Gasteiger partial charge in [0.2, 0.25) is 5.91 Å². The fourth-order valence-corrected chi connectivity index (χ4v) is 3.33. The van der Waals surface area contributed by atoms with Gasteiger partial charge in [-0.1, -0.05) is 17.7 Å². The molecule has 1 N–H and O–H groups in total. The van der Waals surface area contributed by atoms with Gasteiger partial charge >= 0.3 is 0 Å². The fraction of sp³-hybridized carbons (Fsp3) is 0.381. The SMILES string of the molecule is COc1ccc(Cn2nc(C)c(NC(=O)C(C)n3cc(Cl)c(C)n3)c2C)cc1OC. The topological polar surface area (TPSA) is 83.2 Å². The van der Waals surface area contributed by atoms with Gasteiger partial charge in [-0.25, -0.2) is 0 Å². The maximum Gasteiger partial charge on any atom is 0.249 e. The van der Waals surface area contributed by atoms with Gasteiger partial charge in [0.1, 0.15) is 6.04 Å². The van der Waals surface area contributed by atoms with Crippen molar-refractivity contribution in [1.82, 2.24) is 19.6 Å². The van der Waals surface area contributed by atoms with Gasteiger partial charge in [0.25, 0.3) is 0 Å². The number of nitrogens with one attached hydrogen (secondary N) is 1. The Bertz CT molecular complexity index is 1050. The summed E-state index contributed by atoms with van der Waals surface area (Å²) in [6.45, 7) is 7.91. The van der Waals surface area contributed by atoms with Crippen molar-refractivity contribution >= 4 is 23.2 Å². The van der Waals surface area contributed by atoms with Gasteiger partial charge in [-0.3, -0.25) is 14.2 Å². The molecule has 3 aromatic rings. The first kappa shape index (κ1) is 21.7. The van der Waals surface area contributed by atoms with E-state index >= 15 is 0 Å². The summed E-state index contributed by atoms with van der Waals surface area (Å²) in [7, 11) is 3.21. The number of anilines is 1. The molecule has 0 aliphatic heterocycles. The monoisotopic (exact) mass is 431 g/mol. The highest BCUT2D eigenvalue weighted by Crippen LogP contribution is 2.29. The Hall–Kier alpha value is -3.00. The Balaban J connectivity index is 1.79. The summed E-state index contributed by atoms with van der Waals surface area (Å²) < 4.78 is 14.1. The Kier molecular flexibility index (Phi) is 6.36. The summed E-state index contributed by atoms with van der Waals surface area (Å²) in [5, 5.41) is 12.4. The van der Waals surface area contributed by atoms with E-state index in [1.807, 2.05) is 36.7 Å². The van der Waals surface area contributed by atoms with Gasteiger partial charge < -0.3 is 14.8 Å². The molecule has 0 bridgehead atoms. The molecule has 160 valence electrons. The molecule has 3 rings (SSSR count). The third-order valence-corrected chi connectivity index (χ3v) is 5.41. The number of halogens is 1. The van der Waals surface area contributed by atoms with Gasteiger partial charge in [-0.05, 0) is 45.4 Å². The summed E-state index contributed by atoms with van der Waals surface area (Å²) in [5.41, 5.74) is 3.99. The largest absolute Gasteiger partial charge is 0.493 e. The van der Waals surface area contributed by atoms with Crippen molar-refractivity contribution in [3.8, 4) is 11.5 Å². The lowest BCUT2D eigenvalue weighted by Gasteiger charge is -2.13. The standard InChI is InChI=1S/C21H26ClN5O3/c1-12-17(22)11-27(24-12)15(4)21(28)23-20-13(2)25-26(14(20)3)10-16-7-8-18(29-5)19(9-16)30-6/h7-9,11,15H,10H2,1-6H3,(H,23,28). The minimum atomic E-state index is -0.510. The summed E-state index contributed by atoms with van der Waals surface area (Å²) in [4.78, 5) is 12.8. The van der Waals surface area contributed by atoms with Gasteiger partial charge in [-0.2, -0.15) is 10.2 Å². The number of aromatic nitrogens is 4. The first-order valence-corrected chi connectivity index (χ1v) is 9.90. The summed E-state index contributed by atoms with van der Waals surface area (Å²) >= 11 is 6.06. The number of methoxy groups -OCH3 is 2. The molecule has 8 nitrogen and oxygen atoms in total. The number of hydrogen-bond acceptors (Lipinski definition) is 5. The highest BCUT2D eigenvalue weighted by atomic mass is 35.5. The number of rotatable bonds is 7. The predicted octanol–water partition coefficient (Wildman–Crippen LogP) is 3.92. The number of hydrogen-bond donors (Lipinski definition) is 1. The summed E-state index contributed by atoms with van der Waals surface area (Å²) in [6, 6.07) is 5.23. The molecule has 1 unspecified atom stereocenters. The molecule has 1 aromatic carbocycles. The second kappa shape index (κ2) is 8.79. The molecule has 1 atom stereocenters. The van der Waals surface area contributed by atoms with E-state index in [0.717, 1.165) is 17.0 Å². The van der Waals surface area contributed by atoms with E-state index in [1.165, 1.54) is 0 Å². The summed E-state index contributed by atoms with van der Waals surface area (Å²) in [6.07, 6.45) is 1.65. The van der Waals surface area contributed by atoms with Crippen molar-refractivity contribution in [2.45, 2.75) is 40.3 Å². The van der Waals surface area contributed by atoms with Crippen LogP contribution in [-0.4, -0.2) is 39.7 Å². The maximum absolute atomic E-state index is 12.8. The molecular formula is C21H26ClN5O3. The van der Waals surface area contributed by atoms with Crippen LogP contribution >= 0.6 is 11.6 Å². The highest BCUT2D eigenvalue weighted by molar-refractivity contribution is 6.31. The molecule has 9 heteroatoms. The molecule has 1 amide bonds. The van der Waals surface area contributed by atoms with Crippen LogP contribution in [0.1, 0.15) is 35.6 Å². The normalized spacial score (nSPS) is 12.0. The fourth-order valence-electron chi connectivity index (χ4n) is 3.19. The van der Waals surface area contributed by atoms with Crippen LogP contribution in [0, 0.1) is 20.8 Å². The quantitative estimate of drug-likeness (QED) is 0.613. The lowest BCUT2D eigenvalue weighted by Crippen LogP contribution is -2.24. The molecule has 30 heavy (non-hydrogen) atoms. The van der Waals surface area contributed by atoms with Crippen molar-refractivity contribution in [2.24, 2.45) is 0 Å². The average molecular weight is 432 g/mol. The first-order chi connectivity index (χ1) is 14.2. The van der Waals surface area contributed by atoms with Gasteiger partial charge in [-0.15, -0.1) is 0 Å². The molecule has 0 aliphatic rings. The predicted molar refractivity (Wildman–Crippen MR) is 116 cm³/mol. The number of carbonyl (C=O) groups is 1. The van der Waals surface area contributed by atoms with Crippen molar-refractivity contribution in [3.05, 3.63) is 52.1 Å². The molecule has 0 radical (unpaired) electrons. The smallest absolute Gasteiger partial charge is 0.249 e. The Morgan fingerprint density at radius 1 is 1.13 bits per heavy atom. The zero-order chi connectivity index (χ0) is 22.0. The molecule has 0 aliphatic carbocycles. The van der Waals surface area contributed by atoms with E-state index in [2.05, 4.69) is 15.5 Å². The molecule has 0 saturated heterocycles. The van der Waals surface area contributed by atoms with Gasteiger partial charge in [0.05, 0.1) is 48.6 Å². The number of ether oxygens (including phenoxy) is 2. The Labute approximate surface area is 180 Å². The third kappa shape index (κ3) is 4.28. The van der Waals surface area contributed by atoms with Crippen LogP contribution in [0.25, 0.3) is 0 Å². The summed E-state index contributed by atoms with van der Waals surface area (Å²) in [5.74, 6) is 1.14. The van der Waals surface area contributed by atoms with Crippen LogP contribution in [0.2, 0.25) is 5.02 Å². The number of aryl methyl sites for hydroxylation is 2. The molecule has 2 aromatic heterocycles. The zero-order valence-corrected chi connectivity index (χ0v) is 18.7. The second-order valence-electron chi connectivity index (χ2n) is 7.10. The average Bonchev–Trinajstić information content (AvgIpc) is 3.20. The molecule has 0 spiro atoms. The number of amides is 1. The lowest BCUT2D eigenvalue weighted by molar-refractivity contribution is -0.119. The zero-order valence-electron chi connectivity index (χ0n) is 18.0. The second-order valence-corrected chi connectivity index (χ2v) is 7.51. The van der Waals surface area contributed by atoms with E-state index in [4.69, 9.17) is 21.1 Å². The Morgan fingerprint density at radius 3 is 2.43 bits per heavy atom. The van der Waals surface area contributed by atoms with E-state index in [1.54, 1.807) is 38.9 Å². The number of benzene rings is 1. The van der Waals surface area contributed by atoms with Gasteiger partial charge in [0, 0.05) is 6.20 Å².